The number of hydrogen-bond acceptors (Lipinski definition) is 5. The third-order valence-corrected chi connectivity index (χ3v) is 3.89. The molecule has 0 spiro atoms. The topological polar surface area (TPSA) is 91.2 Å². The Labute approximate surface area is 166 Å². The molecule has 0 saturated carbocycles. The largest absolute Gasteiger partial charge is 0.462 e. The van der Waals surface area contributed by atoms with Gasteiger partial charge in [-0.05, 0) is 37.3 Å². The summed E-state index contributed by atoms with van der Waals surface area (Å²) in [4.78, 5) is 24.3. The predicted molar refractivity (Wildman–Crippen MR) is 105 cm³/mol. The Morgan fingerprint density at radius 2 is 1.93 bits per heavy atom. The average molecular weight is 404 g/mol. The molecular formula is C19H15Cl2N3O3. The van der Waals surface area contributed by atoms with Gasteiger partial charge in [-0.3, -0.25) is 4.79 Å². The zero-order valence-electron chi connectivity index (χ0n) is 14.3. The van der Waals surface area contributed by atoms with Crippen LogP contribution in [0.3, 0.4) is 0 Å². The van der Waals surface area contributed by atoms with Crippen LogP contribution in [-0.4, -0.2) is 18.5 Å². The number of ether oxygens (including phenoxy) is 1. The van der Waals surface area contributed by atoms with Crippen LogP contribution in [0.25, 0.3) is 0 Å². The van der Waals surface area contributed by atoms with Gasteiger partial charge < -0.3 is 15.4 Å². The van der Waals surface area contributed by atoms with E-state index in [-0.39, 0.29) is 22.8 Å². The molecule has 0 aliphatic heterocycles. The van der Waals surface area contributed by atoms with E-state index in [0.717, 1.165) is 0 Å². The van der Waals surface area contributed by atoms with Crippen LogP contribution in [0.4, 0.5) is 11.4 Å². The third-order valence-electron chi connectivity index (χ3n) is 3.34. The number of anilines is 2. The van der Waals surface area contributed by atoms with Crippen LogP contribution in [0.2, 0.25) is 10.0 Å². The van der Waals surface area contributed by atoms with Crippen LogP contribution in [0.1, 0.15) is 17.3 Å². The van der Waals surface area contributed by atoms with Gasteiger partial charge in [0.2, 0.25) is 0 Å². The molecule has 138 valence electrons. The summed E-state index contributed by atoms with van der Waals surface area (Å²) in [5.74, 6) is -1.17. The van der Waals surface area contributed by atoms with E-state index in [1.165, 1.54) is 18.3 Å². The molecule has 0 radical (unpaired) electrons. The van der Waals surface area contributed by atoms with Crippen molar-refractivity contribution in [2.24, 2.45) is 0 Å². The molecule has 0 aromatic heterocycles. The number of hydrogen-bond donors (Lipinski definition) is 2. The van der Waals surface area contributed by atoms with Gasteiger partial charge in [-0.2, -0.15) is 5.26 Å². The van der Waals surface area contributed by atoms with Gasteiger partial charge in [-0.1, -0.05) is 35.3 Å². The summed E-state index contributed by atoms with van der Waals surface area (Å²) < 4.78 is 4.98. The second kappa shape index (κ2) is 9.62. The minimum absolute atomic E-state index is 0.209. The Morgan fingerprint density at radius 1 is 1.19 bits per heavy atom. The SMILES string of the molecule is CCOC(=O)c1ccccc1N/C=C(/C#N)C(=O)Nc1ccc(Cl)cc1Cl. The van der Waals surface area contributed by atoms with Crippen molar-refractivity contribution in [2.45, 2.75) is 6.92 Å². The van der Waals surface area contributed by atoms with Gasteiger partial charge in [0.25, 0.3) is 5.91 Å². The van der Waals surface area contributed by atoms with Crippen LogP contribution in [-0.2, 0) is 9.53 Å². The highest BCUT2D eigenvalue weighted by atomic mass is 35.5. The lowest BCUT2D eigenvalue weighted by molar-refractivity contribution is -0.112. The molecule has 2 aromatic rings. The fraction of sp³-hybridized carbons (Fsp3) is 0.105. The number of rotatable bonds is 6. The van der Waals surface area contributed by atoms with E-state index < -0.39 is 11.9 Å². The van der Waals surface area contributed by atoms with E-state index in [1.807, 2.05) is 0 Å². The number of halogens is 2. The van der Waals surface area contributed by atoms with Gasteiger partial charge >= 0.3 is 5.97 Å². The molecule has 0 heterocycles. The van der Waals surface area contributed by atoms with E-state index in [2.05, 4.69) is 10.6 Å². The highest BCUT2D eigenvalue weighted by Crippen LogP contribution is 2.25. The molecule has 0 aliphatic rings. The Morgan fingerprint density at radius 3 is 2.59 bits per heavy atom. The number of amides is 1. The molecule has 0 fully saturated rings. The first-order valence-corrected chi connectivity index (χ1v) is 8.61. The van der Waals surface area contributed by atoms with Crippen molar-refractivity contribution in [1.82, 2.24) is 0 Å². The van der Waals surface area contributed by atoms with Crippen LogP contribution < -0.4 is 10.6 Å². The van der Waals surface area contributed by atoms with E-state index in [9.17, 15) is 14.9 Å². The number of nitriles is 1. The summed E-state index contributed by atoms with van der Waals surface area (Å²) in [6.45, 7) is 1.94. The summed E-state index contributed by atoms with van der Waals surface area (Å²) in [6.07, 6.45) is 1.21. The molecule has 6 nitrogen and oxygen atoms in total. The maximum Gasteiger partial charge on any atom is 0.340 e. The van der Waals surface area contributed by atoms with Gasteiger partial charge in [-0.25, -0.2) is 4.79 Å². The summed E-state index contributed by atoms with van der Waals surface area (Å²) in [5, 5.41) is 15.3. The number of nitrogens with zero attached hydrogens (tertiary/aromatic N) is 1. The molecule has 0 aliphatic carbocycles. The Balaban J connectivity index is 2.18. The molecule has 0 unspecified atom stereocenters. The zero-order valence-corrected chi connectivity index (χ0v) is 15.8. The van der Waals surface area contributed by atoms with Crippen molar-refractivity contribution >= 4 is 46.5 Å². The van der Waals surface area contributed by atoms with Gasteiger partial charge in [-0.15, -0.1) is 0 Å². The number of para-hydroxylation sites is 1. The van der Waals surface area contributed by atoms with Gasteiger partial charge in [0.05, 0.1) is 28.6 Å². The predicted octanol–water partition coefficient (Wildman–Crippen LogP) is 4.63. The standard InChI is InChI=1S/C19H15Cl2N3O3/c1-2-27-19(26)14-5-3-4-6-16(14)23-11-12(10-22)18(25)24-17-8-7-13(20)9-15(17)21/h3-9,11,23H,2H2,1H3,(H,24,25)/b12-11-. The number of esters is 1. The first-order valence-electron chi connectivity index (χ1n) is 7.85. The monoisotopic (exact) mass is 403 g/mol. The van der Waals surface area contributed by atoms with E-state index in [4.69, 9.17) is 27.9 Å². The quantitative estimate of drug-likeness (QED) is 0.416. The second-order valence-electron chi connectivity index (χ2n) is 5.16. The Kier molecular flexibility index (Phi) is 7.24. The number of nitrogens with one attached hydrogen (secondary N) is 2. The molecular weight excluding hydrogens is 389 g/mol. The van der Waals surface area contributed by atoms with Crippen molar-refractivity contribution in [3.05, 3.63) is 69.8 Å². The lowest BCUT2D eigenvalue weighted by atomic mass is 10.1. The molecule has 8 heteroatoms. The highest BCUT2D eigenvalue weighted by Gasteiger charge is 2.14. The number of carbonyl (C=O) groups excluding carboxylic acids is 2. The van der Waals surface area contributed by atoms with Crippen molar-refractivity contribution in [3.8, 4) is 6.07 Å². The minimum atomic E-state index is -0.664. The summed E-state index contributed by atoms with van der Waals surface area (Å²) in [5.41, 5.74) is 0.800. The minimum Gasteiger partial charge on any atom is -0.462 e. The van der Waals surface area contributed by atoms with Crippen LogP contribution >= 0.6 is 23.2 Å². The van der Waals surface area contributed by atoms with Crippen LogP contribution in [0, 0.1) is 11.3 Å². The molecule has 2 rings (SSSR count). The van der Waals surface area contributed by atoms with Gasteiger partial charge in [0.1, 0.15) is 11.6 Å². The van der Waals surface area contributed by atoms with Crippen molar-refractivity contribution in [1.29, 1.82) is 5.26 Å². The third kappa shape index (κ3) is 5.48. The number of carbonyl (C=O) groups is 2. The van der Waals surface area contributed by atoms with E-state index in [0.29, 0.717) is 16.4 Å². The maximum absolute atomic E-state index is 12.3. The van der Waals surface area contributed by atoms with Crippen molar-refractivity contribution < 1.29 is 14.3 Å². The fourth-order valence-corrected chi connectivity index (χ4v) is 2.53. The van der Waals surface area contributed by atoms with Crippen LogP contribution in [0.5, 0.6) is 0 Å². The average Bonchev–Trinajstić information content (AvgIpc) is 2.65. The Hall–Kier alpha value is -3.01. The molecule has 27 heavy (non-hydrogen) atoms. The van der Waals surface area contributed by atoms with E-state index >= 15 is 0 Å². The summed E-state index contributed by atoms with van der Waals surface area (Å²) in [7, 11) is 0. The molecule has 1 amide bonds. The molecule has 0 bridgehead atoms. The normalized spacial score (nSPS) is 10.7. The smallest absolute Gasteiger partial charge is 0.340 e. The van der Waals surface area contributed by atoms with Crippen LogP contribution in [0.15, 0.2) is 54.2 Å². The van der Waals surface area contributed by atoms with Crippen molar-refractivity contribution in [3.63, 3.8) is 0 Å². The summed E-state index contributed by atoms with van der Waals surface area (Å²) >= 11 is 11.8. The number of benzene rings is 2. The fourth-order valence-electron chi connectivity index (χ4n) is 2.07. The Bertz CT molecular complexity index is 936. The molecule has 2 N–H and O–H groups in total. The highest BCUT2D eigenvalue weighted by molar-refractivity contribution is 6.36. The van der Waals surface area contributed by atoms with E-state index in [1.54, 1.807) is 43.3 Å². The summed E-state index contributed by atoms with van der Waals surface area (Å²) in [6, 6.07) is 13.0. The first kappa shape index (κ1) is 20.3. The van der Waals surface area contributed by atoms with Gasteiger partial charge in [0, 0.05) is 11.2 Å². The molecule has 2 aromatic carbocycles. The lowest BCUT2D eigenvalue weighted by Crippen LogP contribution is -2.15. The zero-order chi connectivity index (χ0) is 19.8. The molecule has 0 atom stereocenters. The molecule has 0 saturated heterocycles. The lowest BCUT2D eigenvalue weighted by Gasteiger charge is -2.09. The maximum atomic E-state index is 12.3. The second-order valence-corrected chi connectivity index (χ2v) is 6.00. The van der Waals surface area contributed by atoms with Gasteiger partial charge in [0.15, 0.2) is 0 Å². The first-order chi connectivity index (χ1) is 13.0. The van der Waals surface area contributed by atoms with Crippen molar-refractivity contribution in [2.75, 3.05) is 17.2 Å².